The van der Waals surface area contributed by atoms with Gasteiger partial charge >= 0.3 is 0 Å². The summed E-state index contributed by atoms with van der Waals surface area (Å²) in [7, 11) is 0. The molecule has 0 spiro atoms. The van der Waals surface area contributed by atoms with Gasteiger partial charge in [-0.05, 0) is 54.4 Å². The zero-order valence-electron chi connectivity index (χ0n) is 11.6. The number of rotatable bonds is 7. The summed E-state index contributed by atoms with van der Waals surface area (Å²) in [6.45, 7) is 4.43. The van der Waals surface area contributed by atoms with Crippen molar-refractivity contribution in [3.8, 4) is 5.75 Å². The first-order valence-electron chi connectivity index (χ1n) is 6.44. The smallest absolute Gasteiger partial charge is 0.260 e. The molecule has 112 valence electrons. The number of amides is 1. The molecule has 6 heteroatoms. The summed E-state index contributed by atoms with van der Waals surface area (Å²) in [5, 5.41) is 9.46. The molecule has 0 aliphatic heterocycles. The second kappa shape index (κ2) is 8.49. The van der Waals surface area contributed by atoms with E-state index in [0.717, 1.165) is 0 Å². The fraction of sp³-hybridized carbons (Fsp3) is 0.500. The highest BCUT2D eigenvalue weighted by molar-refractivity contribution is 9.10. The topological polar surface area (TPSA) is 49.8 Å². The molecule has 0 saturated heterocycles. The van der Waals surface area contributed by atoms with E-state index in [1.165, 1.54) is 0 Å². The molecule has 0 saturated carbocycles. The van der Waals surface area contributed by atoms with E-state index < -0.39 is 0 Å². The molecule has 0 bridgehead atoms. The van der Waals surface area contributed by atoms with Crippen LogP contribution in [-0.4, -0.2) is 41.7 Å². The van der Waals surface area contributed by atoms with E-state index in [-0.39, 0.29) is 25.2 Å². The van der Waals surface area contributed by atoms with Gasteiger partial charge in [0.25, 0.3) is 5.91 Å². The van der Waals surface area contributed by atoms with Crippen LogP contribution in [0, 0.1) is 0 Å². The van der Waals surface area contributed by atoms with Crippen molar-refractivity contribution in [3.05, 3.63) is 27.7 Å². The van der Waals surface area contributed by atoms with Crippen molar-refractivity contribution in [1.82, 2.24) is 4.90 Å². The Morgan fingerprint density at radius 1 is 1.50 bits per heavy atom. The van der Waals surface area contributed by atoms with Crippen LogP contribution >= 0.6 is 27.5 Å². The van der Waals surface area contributed by atoms with E-state index in [1.807, 2.05) is 13.8 Å². The van der Waals surface area contributed by atoms with E-state index >= 15 is 0 Å². The minimum absolute atomic E-state index is 0.0379. The Kier molecular flexibility index (Phi) is 7.34. The van der Waals surface area contributed by atoms with Crippen LogP contribution in [-0.2, 0) is 4.79 Å². The molecule has 0 aliphatic rings. The van der Waals surface area contributed by atoms with Gasteiger partial charge in [-0.3, -0.25) is 4.79 Å². The molecule has 4 nitrogen and oxygen atoms in total. The van der Waals surface area contributed by atoms with E-state index in [4.69, 9.17) is 21.4 Å². The third-order valence-corrected chi connectivity index (χ3v) is 3.60. The first-order chi connectivity index (χ1) is 9.45. The number of aliphatic hydroxyl groups excluding tert-OH is 1. The van der Waals surface area contributed by atoms with Crippen LogP contribution in [0.2, 0.25) is 5.02 Å². The molecule has 20 heavy (non-hydrogen) atoms. The van der Waals surface area contributed by atoms with Crippen LogP contribution < -0.4 is 4.74 Å². The van der Waals surface area contributed by atoms with Gasteiger partial charge in [0.1, 0.15) is 5.75 Å². The molecule has 0 aliphatic carbocycles. The largest absolute Gasteiger partial charge is 0.483 e. The molecule has 1 N–H and O–H groups in total. The minimum atomic E-state index is -0.102. The number of carbonyl (C=O) groups excluding carboxylic acids is 1. The Labute approximate surface area is 132 Å². The maximum absolute atomic E-state index is 12.1. The number of carbonyl (C=O) groups is 1. The molecule has 0 fully saturated rings. The lowest BCUT2D eigenvalue weighted by Gasteiger charge is -2.26. The molecule has 0 aromatic heterocycles. The van der Waals surface area contributed by atoms with Crippen molar-refractivity contribution in [2.45, 2.75) is 26.3 Å². The summed E-state index contributed by atoms with van der Waals surface area (Å²) in [6.07, 6.45) is 0.564. The Balaban J connectivity index is 2.60. The first kappa shape index (κ1) is 17.3. The zero-order valence-corrected chi connectivity index (χ0v) is 13.9. The molecule has 1 rings (SSSR count). The lowest BCUT2D eigenvalue weighted by atomic mass is 10.3. The van der Waals surface area contributed by atoms with Gasteiger partial charge in [0.05, 0.1) is 4.47 Å². The molecular formula is C14H19BrClNO3. The van der Waals surface area contributed by atoms with Crippen molar-refractivity contribution >= 4 is 33.4 Å². The summed E-state index contributed by atoms with van der Waals surface area (Å²) in [5.74, 6) is 0.476. The molecule has 0 radical (unpaired) electrons. The lowest BCUT2D eigenvalue weighted by molar-refractivity contribution is -0.135. The van der Waals surface area contributed by atoms with Gasteiger partial charge in [0.2, 0.25) is 0 Å². The molecular weight excluding hydrogens is 346 g/mol. The fourth-order valence-corrected chi connectivity index (χ4v) is 2.52. The quantitative estimate of drug-likeness (QED) is 0.809. The summed E-state index contributed by atoms with van der Waals surface area (Å²) in [4.78, 5) is 13.8. The third kappa shape index (κ3) is 5.31. The van der Waals surface area contributed by atoms with Crippen LogP contribution in [0.1, 0.15) is 20.3 Å². The van der Waals surface area contributed by atoms with Crippen LogP contribution in [0.4, 0.5) is 0 Å². The second-order valence-electron chi connectivity index (χ2n) is 4.62. The monoisotopic (exact) mass is 363 g/mol. The number of hydrogen-bond acceptors (Lipinski definition) is 3. The number of ether oxygens (including phenoxy) is 1. The molecule has 1 amide bonds. The molecule has 0 atom stereocenters. The average Bonchev–Trinajstić information content (AvgIpc) is 2.37. The van der Waals surface area contributed by atoms with E-state index in [0.29, 0.717) is 28.2 Å². The summed E-state index contributed by atoms with van der Waals surface area (Å²) < 4.78 is 6.22. The number of hydrogen-bond donors (Lipinski definition) is 1. The molecule has 0 heterocycles. The van der Waals surface area contributed by atoms with Gasteiger partial charge in [-0.2, -0.15) is 0 Å². The van der Waals surface area contributed by atoms with Crippen molar-refractivity contribution in [2.75, 3.05) is 19.8 Å². The van der Waals surface area contributed by atoms with Crippen LogP contribution in [0.15, 0.2) is 22.7 Å². The highest BCUT2D eigenvalue weighted by Gasteiger charge is 2.17. The standard InChI is InChI=1S/C14H19BrClNO3/c1-10(2)17(6-3-7-18)14(19)9-20-13-5-4-11(16)8-12(13)15/h4-5,8,10,18H,3,6-7,9H2,1-2H3. The van der Waals surface area contributed by atoms with Crippen LogP contribution in [0.3, 0.4) is 0 Å². The fourth-order valence-electron chi connectivity index (χ4n) is 1.73. The van der Waals surface area contributed by atoms with E-state index in [2.05, 4.69) is 15.9 Å². The number of benzene rings is 1. The summed E-state index contributed by atoms with van der Waals surface area (Å²) in [6, 6.07) is 5.21. The Bertz CT molecular complexity index is 454. The number of aliphatic hydroxyl groups is 1. The van der Waals surface area contributed by atoms with Gasteiger partial charge in [-0.1, -0.05) is 11.6 Å². The number of nitrogens with zero attached hydrogens (tertiary/aromatic N) is 1. The summed E-state index contributed by atoms with van der Waals surface area (Å²) >= 11 is 9.18. The maximum Gasteiger partial charge on any atom is 0.260 e. The number of halogens is 2. The second-order valence-corrected chi connectivity index (χ2v) is 5.91. The molecule has 0 unspecified atom stereocenters. The van der Waals surface area contributed by atoms with Crippen molar-refractivity contribution in [1.29, 1.82) is 0 Å². The average molecular weight is 365 g/mol. The van der Waals surface area contributed by atoms with Gasteiger partial charge < -0.3 is 14.7 Å². The van der Waals surface area contributed by atoms with Crippen LogP contribution in [0.5, 0.6) is 5.75 Å². The normalized spacial score (nSPS) is 10.7. The third-order valence-electron chi connectivity index (χ3n) is 2.75. The SMILES string of the molecule is CC(C)N(CCCO)C(=O)COc1ccc(Cl)cc1Br. The predicted octanol–water partition coefficient (Wildman–Crippen LogP) is 3.10. The van der Waals surface area contributed by atoms with Crippen molar-refractivity contribution in [2.24, 2.45) is 0 Å². The predicted molar refractivity (Wildman–Crippen MR) is 83.2 cm³/mol. The Morgan fingerprint density at radius 2 is 2.20 bits per heavy atom. The Hall–Kier alpha value is -0.780. The van der Waals surface area contributed by atoms with E-state index in [1.54, 1.807) is 23.1 Å². The zero-order chi connectivity index (χ0) is 15.1. The van der Waals surface area contributed by atoms with Crippen molar-refractivity contribution in [3.63, 3.8) is 0 Å². The van der Waals surface area contributed by atoms with Gasteiger partial charge in [0, 0.05) is 24.2 Å². The van der Waals surface area contributed by atoms with Crippen molar-refractivity contribution < 1.29 is 14.6 Å². The highest BCUT2D eigenvalue weighted by Crippen LogP contribution is 2.27. The van der Waals surface area contributed by atoms with E-state index in [9.17, 15) is 4.79 Å². The van der Waals surface area contributed by atoms with Gasteiger partial charge in [-0.25, -0.2) is 0 Å². The highest BCUT2D eigenvalue weighted by atomic mass is 79.9. The van der Waals surface area contributed by atoms with Gasteiger partial charge in [0.15, 0.2) is 6.61 Å². The van der Waals surface area contributed by atoms with Gasteiger partial charge in [-0.15, -0.1) is 0 Å². The maximum atomic E-state index is 12.1. The lowest BCUT2D eigenvalue weighted by Crippen LogP contribution is -2.40. The molecule has 1 aromatic rings. The summed E-state index contributed by atoms with van der Waals surface area (Å²) in [5.41, 5.74) is 0. The van der Waals surface area contributed by atoms with Crippen LogP contribution in [0.25, 0.3) is 0 Å². The molecule has 1 aromatic carbocycles. The first-order valence-corrected chi connectivity index (χ1v) is 7.61. The minimum Gasteiger partial charge on any atom is -0.483 e. The Morgan fingerprint density at radius 3 is 2.75 bits per heavy atom.